The van der Waals surface area contributed by atoms with Crippen LogP contribution in [0.4, 0.5) is 0 Å². The molecule has 0 fully saturated rings. The van der Waals surface area contributed by atoms with Gasteiger partial charge >= 0.3 is 5.97 Å². The Morgan fingerprint density at radius 1 is 1.10 bits per heavy atom. The molecule has 5 heteroatoms. The highest BCUT2D eigenvalue weighted by molar-refractivity contribution is 6.36. The van der Waals surface area contributed by atoms with Gasteiger partial charge in [0.1, 0.15) is 12.2 Å². The molecule has 1 N–H and O–H groups in total. The predicted octanol–water partition coefficient (Wildman–Crippen LogP) is 4.89. The number of carboxylic acid groups (broad SMARTS) is 1. The summed E-state index contributed by atoms with van der Waals surface area (Å²) in [5, 5.41) is 9.65. The van der Waals surface area contributed by atoms with Crippen LogP contribution in [0.1, 0.15) is 27.0 Å². The van der Waals surface area contributed by atoms with E-state index in [2.05, 4.69) is 6.07 Å². The van der Waals surface area contributed by atoms with Crippen LogP contribution in [0.2, 0.25) is 10.0 Å². The van der Waals surface area contributed by atoms with E-state index in [1.807, 2.05) is 26.0 Å². The maximum Gasteiger partial charge on any atom is 0.339 e. The third-order valence-corrected chi connectivity index (χ3v) is 3.40. The average Bonchev–Trinajstić information content (AvgIpc) is 2.35. The molecule has 0 aliphatic rings. The van der Waals surface area contributed by atoms with E-state index >= 15 is 0 Å². The van der Waals surface area contributed by atoms with Gasteiger partial charge in [0.2, 0.25) is 0 Å². The van der Waals surface area contributed by atoms with Gasteiger partial charge in [-0.25, -0.2) is 4.79 Å². The Bertz CT molecular complexity index is 676. The molecule has 110 valence electrons. The topological polar surface area (TPSA) is 46.5 Å². The molecule has 21 heavy (non-hydrogen) atoms. The van der Waals surface area contributed by atoms with Crippen molar-refractivity contribution in [1.29, 1.82) is 0 Å². The second-order valence-corrected chi connectivity index (χ2v) is 5.70. The van der Waals surface area contributed by atoms with Crippen molar-refractivity contribution >= 4 is 29.2 Å². The summed E-state index contributed by atoms with van der Waals surface area (Å²) >= 11 is 11.9. The van der Waals surface area contributed by atoms with E-state index in [-0.39, 0.29) is 28.0 Å². The van der Waals surface area contributed by atoms with Crippen molar-refractivity contribution in [3.8, 4) is 5.75 Å². The second kappa shape index (κ2) is 6.37. The van der Waals surface area contributed by atoms with Gasteiger partial charge in [0.15, 0.2) is 5.75 Å². The lowest BCUT2D eigenvalue weighted by atomic mass is 10.1. The monoisotopic (exact) mass is 324 g/mol. The third kappa shape index (κ3) is 3.90. The van der Waals surface area contributed by atoms with E-state index in [9.17, 15) is 9.90 Å². The molecule has 2 aromatic carbocycles. The number of hydrogen-bond donors (Lipinski definition) is 1. The van der Waals surface area contributed by atoms with Gasteiger partial charge in [-0.15, -0.1) is 0 Å². The number of benzene rings is 2. The van der Waals surface area contributed by atoms with E-state index in [1.165, 1.54) is 12.1 Å². The Balaban J connectivity index is 2.29. The van der Waals surface area contributed by atoms with Crippen LogP contribution in [0.25, 0.3) is 0 Å². The van der Waals surface area contributed by atoms with E-state index in [0.717, 1.165) is 16.7 Å². The number of carboxylic acids is 1. The summed E-state index contributed by atoms with van der Waals surface area (Å²) in [5.41, 5.74) is 3.15. The second-order valence-electron chi connectivity index (χ2n) is 4.85. The van der Waals surface area contributed by atoms with E-state index < -0.39 is 5.97 Å². The lowest BCUT2D eigenvalue weighted by molar-refractivity contribution is 0.0691. The van der Waals surface area contributed by atoms with Gasteiger partial charge in [0.05, 0.1) is 5.02 Å². The van der Waals surface area contributed by atoms with Gasteiger partial charge in [0.25, 0.3) is 0 Å². The fourth-order valence-electron chi connectivity index (χ4n) is 2.17. The first-order valence-corrected chi connectivity index (χ1v) is 7.04. The fraction of sp³-hybridized carbons (Fsp3) is 0.188. The van der Waals surface area contributed by atoms with Crippen LogP contribution in [-0.4, -0.2) is 11.1 Å². The standard InChI is InChI=1S/C16H14Cl2O3/c1-9-3-10(2)5-11(4-9)8-21-15-13(16(19)20)6-12(17)7-14(15)18/h3-7H,8H2,1-2H3,(H,19,20). The molecule has 3 nitrogen and oxygen atoms in total. The molecule has 0 bridgehead atoms. The zero-order valence-corrected chi connectivity index (χ0v) is 13.1. The van der Waals surface area contributed by atoms with Crippen molar-refractivity contribution in [3.05, 3.63) is 62.6 Å². The predicted molar refractivity (Wildman–Crippen MR) is 83.7 cm³/mol. The molecule has 0 atom stereocenters. The molecule has 0 radical (unpaired) electrons. The Kier molecular flexibility index (Phi) is 4.76. The first-order chi connectivity index (χ1) is 9.86. The van der Waals surface area contributed by atoms with Crippen molar-refractivity contribution in [3.63, 3.8) is 0 Å². The summed E-state index contributed by atoms with van der Waals surface area (Å²) in [5.74, 6) is -0.998. The number of aromatic carboxylic acids is 1. The summed E-state index contributed by atoms with van der Waals surface area (Å²) in [6, 6.07) is 8.81. The average molecular weight is 325 g/mol. The fourth-order valence-corrected chi connectivity index (χ4v) is 2.72. The molecule has 0 amide bonds. The molecule has 0 saturated heterocycles. The molecule has 0 heterocycles. The molecular weight excluding hydrogens is 311 g/mol. The van der Waals surface area contributed by atoms with Crippen LogP contribution >= 0.6 is 23.2 Å². The number of carbonyl (C=O) groups is 1. The minimum Gasteiger partial charge on any atom is -0.486 e. The number of aryl methyl sites for hydroxylation is 2. The Labute approximate surface area is 133 Å². The van der Waals surface area contributed by atoms with Gasteiger partial charge in [-0.3, -0.25) is 0 Å². The van der Waals surface area contributed by atoms with Crippen molar-refractivity contribution in [1.82, 2.24) is 0 Å². The number of halogens is 2. The summed E-state index contributed by atoms with van der Waals surface area (Å²) in [6.07, 6.45) is 0. The Morgan fingerprint density at radius 2 is 1.71 bits per heavy atom. The Morgan fingerprint density at radius 3 is 2.29 bits per heavy atom. The highest BCUT2D eigenvalue weighted by atomic mass is 35.5. The number of ether oxygens (including phenoxy) is 1. The van der Waals surface area contributed by atoms with Crippen molar-refractivity contribution in [2.75, 3.05) is 0 Å². The van der Waals surface area contributed by atoms with Crippen molar-refractivity contribution in [2.45, 2.75) is 20.5 Å². The van der Waals surface area contributed by atoms with Crippen molar-refractivity contribution in [2.24, 2.45) is 0 Å². The first-order valence-electron chi connectivity index (χ1n) is 6.29. The molecule has 2 aromatic rings. The summed E-state index contributed by atoms with van der Waals surface area (Å²) in [4.78, 5) is 11.2. The minimum absolute atomic E-state index is 0.0446. The zero-order chi connectivity index (χ0) is 15.6. The van der Waals surface area contributed by atoms with Crippen LogP contribution in [0, 0.1) is 13.8 Å². The molecule has 0 spiro atoms. The summed E-state index contributed by atoms with van der Waals surface area (Å²) in [6.45, 7) is 4.23. The lowest BCUT2D eigenvalue weighted by Gasteiger charge is -2.12. The smallest absolute Gasteiger partial charge is 0.339 e. The number of rotatable bonds is 4. The van der Waals surface area contributed by atoms with E-state index in [4.69, 9.17) is 27.9 Å². The highest BCUT2D eigenvalue weighted by Crippen LogP contribution is 2.33. The molecular formula is C16H14Cl2O3. The molecule has 0 aromatic heterocycles. The largest absolute Gasteiger partial charge is 0.486 e. The summed E-state index contributed by atoms with van der Waals surface area (Å²) in [7, 11) is 0. The van der Waals surface area contributed by atoms with Gasteiger partial charge < -0.3 is 9.84 Å². The van der Waals surface area contributed by atoms with E-state index in [0.29, 0.717) is 0 Å². The van der Waals surface area contributed by atoms with Gasteiger partial charge in [-0.1, -0.05) is 52.5 Å². The normalized spacial score (nSPS) is 10.5. The summed E-state index contributed by atoms with van der Waals surface area (Å²) < 4.78 is 5.61. The van der Waals surface area contributed by atoms with Crippen LogP contribution in [0.15, 0.2) is 30.3 Å². The maximum atomic E-state index is 11.2. The molecule has 2 rings (SSSR count). The first kappa shape index (κ1) is 15.7. The molecule has 0 unspecified atom stereocenters. The molecule has 0 aliphatic heterocycles. The van der Waals surface area contributed by atoms with Gasteiger partial charge in [0, 0.05) is 5.02 Å². The van der Waals surface area contributed by atoms with Crippen LogP contribution in [0.3, 0.4) is 0 Å². The zero-order valence-electron chi connectivity index (χ0n) is 11.6. The molecule has 0 saturated carbocycles. The minimum atomic E-state index is -1.13. The van der Waals surface area contributed by atoms with Crippen LogP contribution < -0.4 is 4.74 Å². The lowest BCUT2D eigenvalue weighted by Crippen LogP contribution is -2.04. The van der Waals surface area contributed by atoms with Crippen LogP contribution in [0.5, 0.6) is 5.75 Å². The SMILES string of the molecule is Cc1cc(C)cc(COc2c(Cl)cc(Cl)cc2C(=O)O)c1. The maximum absolute atomic E-state index is 11.2. The molecule has 0 aliphatic carbocycles. The van der Waals surface area contributed by atoms with Crippen LogP contribution in [-0.2, 0) is 6.61 Å². The Hall–Kier alpha value is -1.71. The third-order valence-electron chi connectivity index (χ3n) is 2.90. The highest BCUT2D eigenvalue weighted by Gasteiger charge is 2.16. The van der Waals surface area contributed by atoms with Crippen molar-refractivity contribution < 1.29 is 14.6 Å². The van der Waals surface area contributed by atoms with Gasteiger partial charge in [-0.2, -0.15) is 0 Å². The number of hydrogen-bond acceptors (Lipinski definition) is 2. The van der Waals surface area contributed by atoms with E-state index in [1.54, 1.807) is 0 Å². The van der Waals surface area contributed by atoms with Gasteiger partial charge in [-0.05, 0) is 31.5 Å². The quantitative estimate of drug-likeness (QED) is 0.871.